The summed E-state index contributed by atoms with van der Waals surface area (Å²) in [6.45, 7) is 8.96. The molecule has 3 nitrogen and oxygen atoms in total. The van der Waals surface area contributed by atoms with Crippen molar-refractivity contribution < 1.29 is 0 Å². The Balaban J connectivity index is 2.01. The summed E-state index contributed by atoms with van der Waals surface area (Å²) >= 11 is 0. The third-order valence-electron chi connectivity index (χ3n) is 2.95. The Morgan fingerprint density at radius 3 is 2.83 bits per heavy atom. The van der Waals surface area contributed by atoms with Crippen LogP contribution in [0, 0.1) is 5.92 Å². The lowest BCUT2D eigenvalue weighted by Gasteiger charge is -2.17. The zero-order valence-corrected chi connectivity index (χ0v) is 12.0. The summed E-state index contributed by atoms with van der Waals surface area (Å²) in [5.41, 5.74) is 1.34. The van der Waals surface area contributed by atoms with Gasteiger partial charge in [-0.15, -0.1) is 0 Å². The molecule has 1 aromatic rings. The predicted molar refractivity (Wildman–Crippen MR) is 77.8 cm³/mol. The van der Waals surface area contributed by atoms with Crippen molar-refractivity contribution in [3.63, 3.8) is 0 Å². The SMILES string of the molecule is CC(C)CNCCN(C)CCCc1cccnc1. The van der Waals surface area contributed by atoms with Crippen molar-refractivity contribution in [1.82, 2.24) is 15.2 Å². The molecule has 1 heterocycles. The van der Waals surface area contributed by atoms with Crippen LogP contribution in [0.2, 0.25) is 0 Å². The van der Waals surface area contributed by atoms with Crippen LogP contribution in [0.3, 0.4) is 0 Å². The zero-order valence-electron chi connectivity index (χ0n) is 12.0. The van der Waals surface area contributed by atoms with E-state index in [9.17, 15) is 0 Å². The first-order valence-electron chi connectivity index (χ1n) is 6.96. The Bertz CT molecular complexity index is 298. The predicted octanol–water partition coefficient (Wildman–Crippen LogP) is 2.19. The standard InChI is InChI=1S/C15H27N3/c1-14(2)12-17-9-11-18(3)10-5-7-15-6-4-8-16-13-15/h4,6,8,13-14,17H,5,7,9-12H2,1-3H3. The Hall–Kier alpha value is -0.930. The van der Waals surface area contributed by atoms with Crippen molar-refractivity contribution in [1.29, 1.82) is 0 Å². The van der Waals surface area contributed by atoms with E-state index in [4.69, 9.17) is 0 Å². The molecule has 0 saturated carbocycles. The minimum absolute atomic E-state index is 0.737. The number of pyridine rings is 1. The first-order chi connectivity index (χ1) is 8.68. The van der Waals surface area contributed by atoms with Gasteiger partial charge < -0.3 is 10.2 Å². The number of nitrogens with one attached hydrogen (secondary N) is 1. The molecule has 0 saturated heterocycles. The number of likely N-dealkylation sites (N-methyl/N-ethyl adjacent to an activating group) is 1. The summed E-state index contributed by atoms with van der Waals surface area (Å²) in [4.78, 5) is 6.53. The average molecular weight is 249 g/mol. The van der Waals surface area contributed by atoms with E-state index < -0.39 is 0 Å². The summed E-state index contributed by atoms with van der Waals surface area (Å²) in [7, 11) is 2.19. The van der Waals surface area contributed by atoms with Crippen LogP contribution < -0.4 is 5.32 Å². The zero-order chi connectivity index (χ0) is 13.2. The highest BCUT2D eigenvalue weighted by Gasteiger charge is 1.99. The normalized spacial score (nSPS) is 11.4. The van der Waals surface area contributed by atoms with Crippen LogP contribution in [0.15, 0.2) is 24.5 Å². The van der Waals surface area contributed by atoms with Gasteiger partial charge in [-0.2, -0.15) is 0 Å². The Morgan fingerprint density at radius 1 is 1.33 bits per heavy atom. The third kappa shape index (κ3) is 7.41. The first kappa shape index (κ1) is 15.1. The van der Waals surface area contributed by atoms with E-state index in [1.807, 2.05) is 18.5 Å². The van der Waals surface area contributed by atoms with Crippen LogP contribution in [0.4, 0.5) is 0 Å². The van der Waals surface area contributed by atoms with Gasteiger partial charge in [-0.3, -0.25) is 4.98 Å². The second kappa shape index (κ2) is 9.06. The molecule has 0 aliphatic heterocycles. The van der Waals surface area contributed by atoms with E-state index >= 15 is 0 Å². The smallest absolute Gasteiger partial charge is 0.0299 e. The summed E-state index contributed by atoms with van der Waals surface area (Å²) in [6.07, 6.45) is 6.12. The van der Waals surface area contributed by atoms with Crippen LogP contribution in [0.25, 0.3) is 0 Å². The molecule has 0 bridgehead atoms. The summed E-state index contributed by atoms with van der Waals surface area (Å²) in [6, 6.07) is 4.16. The highest BCUT2D eigenvalue weighted by molar-refractivity contribution is 5.08. The van der Waals surface area contributed by atoms with Crippen molar-refractivity contribution >= 4 is 0 Å². The van der Waals surface area contributed by atoms with Gasteiger partial charge in [0.15, 0.2) is 0 Å². The van der Waals surface area contributed by atoms with E-state index in [0.29, 0.717) is 0 Å². The minimum atomic E-state index is 0.737. The molecule has 0 aliphatic carbocycles. The lowest BCUT2D eigenvalue weighted by Crippen LogP contribution is -2.31. The van der Waals surface area contributed by atoms with Crippen molar-refractivity contribution in [3.8, 4) is 0 Å². The van der Waals surface area contributed by atoms with E-state index in [2.05, 4.69) is 42.2 Å². The Labute approximate surface area is 112 Å². The van der Waals surface area contributed by atoms with Crippen molar-refractivity contribution in [2.24, 2.45) is 5.92 Å². The van der Waals surface area contributed by atoms with Gasteiger partial charge in [-0.1, -0.05) is 19.9 Å². The molecule has 0 fully saturated rings. The highest BCUT2D eigenvalue weighted by Crippen LogP contribution is 2.00. The van der Waals surface area contributed by atoms with Crippen LogP contribution in [0.1, 0.15) is 25.8 Å². The molecule has 102 valence electrons. The maximum Gasteiger partial charge on any atom is 0.0299 e. The number of rotatable bonds is 9. The quantitative estimate of drug-likeness (QED) is 0.680. The van der Waals surface area contributed by atoms with Crippen LogP contribution in [-0.2, 0) is 6.42 Å². The number of nitrogens with zero attached hydrogens (tertiary/aromatic N) is 2. The molecule has 0 amide bonds. The molecular weight excluding hydrogens is 222 g/mol. The number of hydrogen-bond donors (Lipinski definition) is 1. The van der Waals surface area contributed by atoms with Gasteiger partial charge in [0.25, 0.3) is 0 Å². The molecule has 3 heteroatoms. The number of aryl methyl sites for hydroxylation is 1. The molecule has 1 aromatic heterocycles. The fraction of sp³-hybridized carbons (Fsp3) is 0.667. The molecule has 0 aromatic carbocycles. The molecule has 0 unspecified atom stereocenters. The van der Waals surface area contributed by atoms with Gasteiger partial charge in [0.05, 0.1) is 0 Å². The van der Waals surface area contributed by atoms with E-state index in [-0.39, 0.29) is 0 Å². The van der Waals surface area contributed by atoms with Crippen molar-refractivity contribution in [2.75, 3.05) is 33.2 Å². The van der Waals surface area contributed by atoms with Crippen LogP contribution in [-0.4, -0.2) is 43.1 Å². The van der Waals surface area contributed by atoms with Gasteiger partial charge >= 0.3 is 0 Å². The van der Waals surface area contributed by atoms with Gasteiger partial charge in [-0.25, -0.2) is 0 Å². The van der Waals surface area contributed by atoms with Crippen LogP contribution in [0.5, 0.6) is 0 Å². The van der Waals surface area contributed by atoms with Crippen molar-refractivity contribution in [3.05, 3.63) is 30.1 Å². The number of hydrogen-bond acceptors (Lipinski definition) is 3. The van der Waals surface area contributed by atoms with E-state index in [0.717, 1.165) is 38.5 Å². The average Bonchev–Trinajstić information content (AvgIpc) is 2.36. The summed E-state index contributed by atoms with van der Waals surface area (Å²) < 4.78 is 0. The van der Waals surface area contributed by atoms with Gasteiger partial charge in [-0.05, 0) is 50.5 Å². The maximum atomic E-state index is 4.14. The molecular formula is C15H27N3. The molecule has 0 atom stereocenters. The largest absolute Gasteiger partial charge is 0.315 e. The third-order valence-corrected chi connectivity index (χ3v) is 2.95. The van der Waals surface area contributed by atoms with Crippen molar-refractivity contribution in [2.45, 2.75) is 26.7 Å². The number of aromatic nitrogens is 1. The Morgan fingerprint density at radius 2 is 2.17 bits per heavy atom. The first-order valence-corrected chi connectivity index (χ1v) is 6.96. The molecule has 18 heavy (non-hydrogen) atoms. The van der Waals surface area contributed by atoms with Gasteiger partial charge in [0.1, 0.15) is 0 Å². The fourth-order valence-electron chi connectivity index (χ4n) is 1.87. The van der Waals surface area contributed by atoms with Gasteiger partial charge in [0.2, 0.25) is 0 Å². The molecule has 1 N–H and O–H groups in total. The maximum absolute atomic E-state index is 4.14. The lowest BCUT2D eigenvalue weighted by atomic mass is 10.1. The fourth-order valence-corrected chi connectivity index (χ4v) is 1.87. The summed E-state index contributed by atoms with van der Waals surface area (Å²) in [5, 5.41) is 3.47. The van der Waals surface area contributed by atoms with E-state index in [1.54, 1.807) is 0 Å². The lowest BCUT2D eigenvalue weighted by molar-refractivity contribution is 0.324. The molecule has 0 aliphatic rings. The summed E-state index contributed by atoms with van der Waals surface area (Å²) in [5.74, 6) is 0.737. The molecule has 0 spiro atoms. The molecule has 1 rings (SSSR count). The topological polar surface area (TPSA) is 28.2 Å². The minimum Gasteiger partial charge on any atom is -0.315 e. The monoisotopic (exact) mass is 249 g/mol. The second-order valence-electron chi connectivity index (χ2n) is 5.37. The second-order valence-corrected chi connectivity index (χ2v) is 5.37. The molecule has 0 radical (unpaired) electrons. The van der Waals surface area contributed by atoms with Gasteiger partial charge in [0, 0.05) is 25.5 Å². The highest BCUT2D eigenvalue weighted by atomic mass is 15.1. The Kier molecular flexibility index (Phi) is 7.62. The van der Waals surface area contributed by atoms with Crippen LogP contribution >= 0.6 is 0 Å². The van der Waals surface area contributed by atoms with E-state index in [1.165, 1.54) is 12.0 Å².